The summed E-state index contributed by atoms with van der Waals surface area (Å²) in [5.41, 5.74) is 0. The molecule has 0 bridgehead atoms. The predicted octanol–water partition coefficient (Wildman–Crippen LogP) is 15.8. The Hall–Kier alpha value is 3.76. The first-order valence-corrected chi connectivity index (χ1v) is 39.2. The summed E-state index contributed by atoms with van der Waals surface area (Å²) in [6.45, 7) is 8.33. The monoisotopic (exact) mass is 1580 g/mol. The van der Waals surface area contributed by atoms with Gasteiger partial charge >= 0.3 is 150 Å². The van der Waals surface area contributed by atoms with Gasteiger partial charge in [0.15, 0.2) is 5.78 Å². The third-order valence-corrected chi connectivity index (χ3v) is 18.4. The van der Waals surface area contributed by atoms with E-state index in [0.717, 1.165) is 50.6 Å². The van der Waals surface area contributed by atoms with Crippen molar-refractivity contribution < 1.29 is 65.1 Å². The van der Waals surface area contributed by atoms with Crippen molar-refractivity contribution in [3.05, 3.63) is 138 Å². The topological polar surface area (TPSA) is 52.6 Å². The van der Waals surface area contributed by atoms with Crippen LogP contribution in [0.2, 0.25) is 0 Å². The Kier molecular flexibility index (Phi) is 68.0. The Morgan fingerprint density at radius 2 is 0.900 bits per heavy atom. The summed E-state index contributed by atoms with van der Waals surface area (Å²) < 4.78 is 11.1. The van der Waals surface area contributed by atoms with E-state index in [-0.39, 0.29) is 111 Å². The second kappa shape index (κ2) is 60.3. The van der Waals surface area contributed by atoms with Crippen LogP contribution in [-0.2, 0) is 23.5 Å². The van der Waals surface area contributed by atoms with E-state index < -0.39 is 9.20 Å². The number of rotatable bonds is 15. The Balaban J connectivity index is -0.000000204. The van der Waals surface area contributed by atoms with Gasteiger partial charge in [-0.25, -0.2) is 0 Å². The quantitative estimate of drug-likeness (QED) is 0.0337. The molecule has 4 nitrogen and oxygen atoms in total. The van der Waals surface area contributed by atoms with Gasteiger partial charge in [0.05, 0.1) is 8.66 Å². The van der Waals surface area contributed by atoms with Crippen LogP contribution in [0.1, 0.15) is 116 Å². The predicted molar refractivity (Wildman–Crippen MR) is 363 cm³/mol. The molecule has 0 atom stereocenters. The fourth-order valence-electron chi connectivity index (χ4n) is 6.04. The van der Waals surface area contributed by atoms with Gasteiger partial charge in [-0.15, -0.1) is 65.9 Å². The molecule has 8 aromatic heterocycles. The number of halogens is 8. The van der Waals surface area contributed by atoms with Gasteiger partial charge in [0, 0.05) is 58.8 Å². The zero-order valence-electron chi connectivity index (χ0n) is 47.7. The largest absolute Gasteiger partial charge is 2.00 e. The number of carbonyl (C=O) groups excluding carboxylic acids is 2. The number of unbranched alkanes of at least 4 members (excludes halogenated alkanes) is 6. The molecule has 2 saturated heterocycles. The first-order chi connectivity index (χ1) is 36.4. The van der Waals surface area contributed by atoms with E-state index in [4.69, 9.17) is 61.5 Å². The van der Waals surface area contributed by atoms with Crippen LogP contribution in [0, 0.1) is 10.8 Å². The first kappa shape index (κ1) is 90.2. The summed E-state index contributed by atoms with van der Waals surface area (Å²) in [5, 5.41) is 14.3. The zero-order chi connectivity index (χ0) is 54.8. The number of carbonyl (C=O) groups is 2. The van der Waals surface area contributed by atoms with Crippen molar-refractivity contribution in [1.82, 2.24) is 0 Å². The minimum atomic E-state index is -2.74. The standard InChI is InChI=1S/C15H18OS2.C8H5BrS2.2C8H5S2.C7H13ClO.2C4H8O.2BrH.4ClH.2Li.3Mg.Mn.2H/c1-2-3-4-5-7-12(16)13-9-10-15(18-13)14-8-6-11-17-14;9-8-4-3-7(11-8)6-2-1-5-10-6;2*1-3-7(9-5-1)8-4-2-6-10-8;1-2-3-4-5-6-7(8)9;2*1-2-4-5-3-1;;;;;;;;;;;;;;/h6,8-11H,2-5,7H2,1H3;1-5H;2*1-5H;2-6H2,1H3;2*1-4H2;6*1H;;;;;;;;/q;;2*-1;;;;;;;;;;;;3*+2;+4;2*-1/p-6. The van der Waals surface area contributed by atoms with Gasteiger partial charge in [-0.2, -0.15) is 46.9 Å². The third-order valence-electron chi connectivity index (χ3n) is 9.59. The van der Waals surface area contributed by atoms with Crippen molar-refractivity contribution in [1.29, 1.82) is 0 Å². The SMILES string of the molecule is Brc1ccc(-c2cccs2)s1.C1CCOC1.C1CCOC1.CCCCCCC(=O)Cl.CCCCCCC(=O)c1ccc(-c2cccs2)s1.[Br-].[Br-].[Cl][Mn]([Cl])([Cl])[Cl].[H-].[H-].[Li][Li].[Mg+2].[Mg+2].[Mg+2].[c-]1ccc(-c2cccs2)s1.[c-]1ccc(-c2cccs2)s1. The van der Waals surface area contributed by atoms with E-state index in [1.165, 1.54) is 101 Å². The number of ketones is 1. The van der Waals surface area contributed by atoms with Crippen molar-refractivity contribution in [2.24, 2.45) is 0 Å². The summed E-state index contributed by atoms with van der Waals surface area (Å²) in [4.78, 5) is 33.5. The molecule has 0 aromatic carbocycles. The molecule has 10 heterocycles. The van der Waals surface area contributed by atoms with E-state index in [2.05, 4.69) is 135 Å². The second-order valence-electron chi connectivity index (χ2n) is 15.4. The van der Waals surface area contributed by atoms with E-state index in [1.807, 2.05) is 55.0 Å². The fourth-order valence-corrected chi connectivity index (χ4v) is 13.2. The molecule has 0 spiro atoms. The average Bonchev–Trinajstić information content (AvgIpc) is 4.26. The number of thiophene rings is 8. The molecule has 0 saturated carbocycles. The molecule has 2 aliphatic heterocycles. The molecule has 8 aromatic rings. The molecule has 0 N–H and O–H groups in total. The molecular formula is C54H64Br3Cl5Li2Mg3MnO4S8. The molecule has 0 amide bonds. The first-order valence-electron chi connectivity index (χ1n) is 24.7. The Morgan fingerprint density at radius 3 is 1.19 bits per heavy atom. The van der Waals surface area contributed by atoms with Crippen molar-refractivity contribution in [2.45, 2.75) is 104 Å². The summed E-state index contributed by atoms with van der Waals surface area (Å²) in [6.07, 6.45) is 15.5. The molecule has 423 valence electrons. The second-order valence-corrected chi connectivity index (χ2v) is 36.6. The Morgan fingerprint density at radius 1 is 0.537 bits per heavy atom. The normalized spacial score (nSPS) is 11.4. The number of hydrogen-bond donors (Lipinski definition) is 0. The maximum atomic E-state index is 12.0. The van der Waals surface area contributed by atoms with Crippen molar-refractivity contribution in [3.8, 4) is 39.0 Å². The molecule has 0 radical (unpaired) electrons. The molecule has 2 fully saturated rings. The van der Waals surface area contributed by atoms with Gasteiger partial charge in [0.1, 0.15) is 0 Å². The molecule has 26 heteroatoms. The van der Waals surface area contributed by atoms with Crippen LogP contribution in [0.25, 0.3) is 39.0 Å². The average molecular weight is 1590 g/mol. The maximum Gasteiger partial charge on any atom is 2.00 e. The summed E-state index contributed by atoms with van der Waals surface area (Å²) in [7, 11) is 17.1. The molecule has 10 rings (SSSR count). The summed E-state index contributed by atoms with van der Waals surface area (Å²) in [5.74, 6) is 0.305. The van der Waals surface area contributed by atoms with Crippen LogP contribution in [0.5, 0.6) is 0 Å². The Labute approximate surface area is 631 Å². The van der Waals surface area contributed by atoms with Crippen LogP contribution in [-0.4, -0.2) is 137 Å². The van der Waals surface area contributed by atoms with E-state index in [1.54, 1.807) is 90.7 Å². The van der Waals surface area contributed by atoms with Crippen molar-refractivity contribution in [2.75, 3.05) is 26.4 Å². The number of ether oxygens (including phenoxy) is 2. The van der Waals surface area contributed by atoms with Crippen LogP contribution in [0.3, 0.4) is 0 Å². The molecule has 80 heavy (non-hydrogen) atoms. The minimum absolute atomic E-state index is 0. The maximum absolute atomic E-state index is 12.0. The van der Waals surface area contributed by atoms with Gasteiger partial charge in [0.25, 0.3) is 0 Å². The van der Waals surface area contributed by atoms with Crippen LogP contribution in [0.4, 0.5) is 0 Å². The van der Waals surface area contributed by atoms with Crippen LogP contribution in [0.15, 0.2) is 122 Å². The summed E-state index contributed by atoms with van der Waals surface area (Å²) in [6, 6.07) is 33.1. The van der Waals surface area contributed by atoms with Gasteiger partial charge in [-0.1, -0.05) is 88.8 Å². The zero-order valence-corrected chi connectivity index (χ0v) is 66.2. The van der Waals surface area contributed by atoms with Crippen molar-refractivity contribution >= 4 is 270 Å². The van der Waals surface area contributed by atoms with E-state index >= 15 is 0 Å². The molecule has 0 unspecified atom stereocenters. The number of hydrogen-bond acceptors (Lipinski definition) is 12. The molecule has 0 aliphatic carbocycles. The third kappa shape index (κ3) is 47.7. The van der Waals surface area contributed by atoms with Gasteiger partial charge in [0.2, 0.25) is 5.24 Å². The number of Topliss-reactive ketones (excluding diaryl/α,β-unsaturated/α-hetero) is 1. The van der Waals surface area contributed by atoms with Gasteiger partial charge in [-0.05, 0) is 134 Å². The van der Waals surface area contributed by atoms with Gasteiger partial charge < -0.3 is 46.3 Å². The molecule has 2 aliphatic rings. The van der Waals surface area contributed by atoms with Gasteiger partial charge in [-0.3, -0.25) is 32.3 Å². The Bertz CT molecular complexity index is 2360. The summed E-state index contributed by atoms with van der Waals surface area (Å²) >= 11 is 26.3. The van der Waals surface area contributed by atoms with E-state index in [9.17, 15) is 9.59 Å². The molecular weight excluding hydrogens is 1530 g/mol. The van der Waals surface area contributed by atoms with Crippen LogP contribution >= 0.6 is 159 Å². The van der Waals surface area contributed by atoms with E-state index in [0.29, 0.717) is 18.6 Å². The smallest absolute Gasteiger partial charge is 0.295 e. The minimum Gasteiger partial charge on any atom is -0.295 e. The van der Waals surface area contributed by atoms with Crippen LogP contribution < -0.4 is 34.0 Å². The van der Waals surface area contributed by atoms with Crippen molar-refractivity contribution in [3.63, 3.8) is 0 Å². The fraction of sp³-hybridized carbons (Fsp3) is 0.370.